The van der Waals surface area contributed by atoms with E-state index in [1.54, 1.807) is 13.1 Å². The summed E-state index contributed by atoms with van der Waals surface area (Å²) in [6, 6.07) is 5.63. The average molecular weight is 496 g/mol. The van der Waals surface area contributed by atoms with E-state index < -0.39 is 0 Å². The van der Waals surface area contributed by atoms with E-state index in [1.165, 1.54) is 5.56 Å². The zero-order valence-corrected chi connectivity index (χ0v) is 18.3. The van der Waals surface area contributed by atoms with Gasteiger partial charge in [-0.1, -0.05) is 29.3 Å². The van der Waals surface area contributed by atoms with Crippen molar-refractivity contribution in [3.05, 3.63) is 51.8 Å². The number of rotatable bonds is 7. The number of aromatic nitrogens is 2. The first-order valence-corrected chi connectivity index (χ1v) is 8.70. The Morgan fingerprint density at radius 3 is 2.60 bits per heavy atom. The van der Waals surface area contributed by atoms with Gasteiger partial charge < -0.3 is 10.6 Å². The van der Waals surface area contributed by atoms with Crippen LogP contribution in [0.25, 0.3) is 0 Å². The number of halogens is 3. The van der Waals surface area contributed by atoms with Gasteiger partial charge >= 0.3 is 0 Å². The van der Waals surface area contributed by atoms with Crippen LogP contribution in [0.4, 0.5) is 0 Å². The first kappa shape index (κ1) is 22.1. The number of nitrogens with one attached hydrogen (secondary N) is 2. The van der Waals surface area contributed by atoms with E-state index >= 15 is 0 Å². The highest BCUT2D eigenvalue weighted by Crippen LogP contribution is 2.21. The van der Waals surface area contributed by atoms with E-state index in [1.807, 2.05) is 36.3 Å². The predicted octanol–water partition coefficient (Wildman–Crippen LogP) is 3.69. The van der Waals surface area contributed by atoms with Gasteiger partial charge in [0.15, 0.2) is 5.96 Å². The second kappa shape index (κ2) is 11.6. The van der Waals surface area contributed by atoms with E-state index in [9.17, 15) is 0 Å². The summed E-state index contributed by atoms with van der Waals surface area (Å²) in [5.74, 6) is 0.807. The largest absolute Gasteiger partial charge is 0.356 e. The van der Waals surface area contributed by atoms with Gasteiger partial charge in [-0.2, -0.15) is 5.10 Å². The molecule has 0 aliphatic heterocycles. The van der Waals surface area contributed by atoms with E-state index in [0.29, 0.717) is 5.02 Å². The molecule has 0 bridgehead atoms. The number of aryl methyl sites for hydroxylation is 2. The topological polar surface area (TPSA) is 54.2 Å². The molecule has 0 saturated carbocycles. The molecule has 1 aromatic carbocycles. The smallest absolute Gasteiger partial charge is 0.190 e. The van der Waals surface area contributed by atoms with Gasteiger partial charge in [0, 0.05) is 43.4 Å². The molecule has 0 unspecified atom stereocenters. The van der Waals surface area contributed by atoms with Crippen molar-refractivity contribution in [2.75, 3.05) is 20.1 Å². The number of guanidine groups is 1. The minimum atomic E-state index is 0. The minimum absolute atomic E-state index is 0. The lowest BCUT2D eigenvalue weighted by atomic mass is 10.1. The highest BCUT2D eigenvalue weighted by molar-refractivity contribution is 14.0. The average Bonchev–Trinajstić information content (AvgIpc) is 2.96. The summed E-state index contributed by atoms with van der Waals surface area (Å²) in [7, 11) is 3.69. The maximum absolute atomic E-state index is 6.18. The van der Waals surface area contributed by atoms with Crippen LogP contribution in [0.1, 0.15) is 17.5 Å². The lowest BCUT2D eigenvalue weighted by Crippen LogP contribution is -2.38. The fourth-order valence-electron chi connectivity index (χ4n) is 2.36. The zero-order chi connectivity index (χ0) is 17.4. The quantitative estimate of drug-likeness (QED) is 0.266. The van der Waals surface area contributed by atoms with Crippen molar-refractivity contribution in [1.29, 1.82) is 0 Å². The zero-order valence-electron chi connectivity index (χ0n) is 14.4. The fourth-order valence-corrected chi connectivity index (χ4v) is 2.86. The Hall–Kier alpha value is -0.990. The Labute approximate surface area is 176 Å². The molecule has 25 heavy (non-hydrogen) atoms. The highest BCUT2D eigenvalue weighted by atomic mass is 127. The summed E-state index contributed by atoms with van der Waals surface area (Å²) >= 11 is 12.1. The molecule has 1 heterocycles. The molecule has 0 amide bonds. The summed E-state index contributed by atoms with van der Waals surface area (Å²) in [6.45, 7) is 1.64. The van der Waals surface area contributed by atoms with Gasteiger partial charge in [0.2, 0.25) is 0 Å². The van der Waals surface area contributed by atoms with Crippen molar-refractivity contribution < 1.29 is 0 Å². The Bertz CT molecular complexity index is 687. The molecule has 0 aliphatic carbocycles. The molecule has 0 aliphatic rings. The monoisotopic (exact) mass is 495 g/mol. The van der Waals surface area contributed by atoms with Gasteiger partial charge in [-0.15, -0.1) is 24.0 Å². The molecule has 0 saturated heterocycles. The minimum Gasteiger partial charge on any atom is -0.356 e. The molecular weight excluding hydrogens is 472 g/mol. The number of hydrogen-bond acceptors (Lipinski definition) is 2. The summed E-state index contributed by atoms with van der Waals surface area (Å²) < 4.78 is 1.81. The number of nitrogens with zero attached hydrogens (tertiary/aromatic N) is 3. The van der Waals surface area contributed by atoms with Crippen LogP contribution in [0, 0.1) is 0 Å². The summed E-state index contributed by atoms with van der Waals surface area (Å²) in [5.41, 5.74) is 2.32. The third kappa shape index (κ3) is 7.83. The second-order valence-corrected chi connectivity index (χ2v) is 6.38. The van der Waals surface area contributed by atoms with Gasteiger partial charge in [-0.25, -0.2) is 0 Å². The van der Waals surface area contributed by atoms with Crippen LogP contribution in [0.5, 0.6) is 0 Å². The Morgan fingerprint density at radius 1 is 1.20 bits per heavy atom. The third-order valence-electron chi connectivity index (χ3n) is 3.62. The molecule has 0 spiro atoms. The van der Waals surface area contributed by atoms with Crippen molar-refractivity contribution in [2.24, 2.45) is 12.0 Å². The van der Waals surface area contributed by atoms with Crippen LogP contribution in [0.2, 0.25) is 10.0 Å². The number of aliphatic imine (C=N–C) groups is 1. The van der Waals surface area contributed by atoms with Crippen molar-refractivity contribution in [1.82, 2.24) is 20.4 Å². The maximum atomic E-state index is 6.18. The highest BCUT2D eigenvalue weighted by Gasteiger charge is 2.02. The summed E-state index contributed by atoms with van der Waals surface area (Å²) in [6.07, 6.45) is 6.68. The Kier molecular flexibility index (Phi) is 10.2. The fraction of sp³-hybridized carbons (Fsp3) is 0.412. The molecule has 138 valence electrons. The Balaban J connectivity index is 0.00000312. The predicted molar refractivity (Wildman–Crippen MR) is 116 cm³/mol. The SMILES string of the molecule is CN=C(NCCCc1ccc(Cl)cc1Cl)NCCc1cnn(C)c1.I. The van der Waals surface area contributed by atoms with Crippen LogP contribution in [-0.2, 0) is 19.9 Å². The van der Waals surface area contributed by atoms with Crippen LogP contribution in [0.3, 0.4) is 0 Å². The lowest BCUT2D eigenvalue weighted by molar-refractivity contribution is 0.738. The van der Waals surface area contributed by atoms with Crippen LogP contribution in [-0.4, -0.2) is 35.9 Å². The molecule has 2 rings (SSSR count). The third-order valence-corrected chi connectivity index (χ3v) is 4.21. The molecule has 2 aromatic rings. The van der Waals surface area contributed by atoms with Crippen LogP contribution >= 0.6 is 47.2 Å². The van der Waals surface area contributed by atoms with E-state index in [-0.39, 0.29) is 24.0 Å². The van der Waals surface area contributed by atoms with Crippen molar-refractivity contribution >= 4 is 53.1 Å². The standard InChI is InChI=1S/C17H23Cl2N5.HI/c1-20-17(22-9-7-13-11-23-24(2)12-13)21-8-3-4-14-5-6-15(18)10-16(14)19;/h5-6,10-12H,3-4,7-9H2,1-2H3,(H2,20,21,22);1H. The molecule has 0 radical (unpaired) electrons. The first-order chi connectivity index (χ1) is 11.6. The van der Waals surface area contributed by atoms with Crippen LogP contribution < -0.4 is 10.6 Å². The number of hydrogen-bond donors (Lipinski definition) is 2. The second-order valence-electron chi connectivity index (χ2n) is 5.54. The molecule has 8 heteroatoms. The van der Waals surface area contributed by atoms with E-state index in [0.717, 1.165) is 48.9 Å². The van der Waals surface area contributed by atoms with Gasteiger partial charge in [0.25, 0.3) is 0 Å². The van der Waals surface area contributed by atoms with Gasteiger partial charge in [0.05, 0.1) is 6.20 Å². The lowest BCUT2D eigenvalue weighted by Gasteiger charge is -2.11. The van der Waals surface area contributed by atoms with Crippen molar-refractivity contribution in [2.45, 2.75) is 19.3 Å². The maximum Gasteiger partial charge on any atom is 0.190 e. The van der Waals surface area contributed by atoms with E-state index in [2.05, 4.69) is 20.7 Å². The van der Waals surface area contributed by atoms with Crippen molar-refractivity contribution in [3.63, 3.8) is 0 Å². The van der Waals surface area contributed by atoms with Gasteiger partial charge in [-0.3, -0.25) is 9.67 Å². The Morgan fingerprint density at radius 2 is 1.96 bits per heavy atom. The molecule has 5 nitrogen and oxygen atoms in total. The van der Waals surface area contributed by atoms with Gasteiger partial charge in [-0.05, 0) is 42.5 Å². The van der Waals surface area contributed by atoms with Gasteiger partial charge in [0.1, 0.15) is 0 Å². The molecule has 0 fully saturated rings. The molecular formula is C17H24Cl2IN5. The normalized spacial score (nSPS) is 11.1. The number of benzene rings is 1. The van der Waals surface area contributed by atoms with Crippen molar-refractivity contribution in [3.8, 4) is 0 Å². The van der Waals surface area contributed by atoms with Crippen LogP contribution in [0.15, 0.2) is 35.6 Å². The van der Waals surface area contributed by atoms with E-state index in [4.69, 9.17) is 23.2 Å². The first-order valence-electron chi connectivity index (χ1n) is 7.94. The summed E-state index contributed by atoms with van der Waals surface area (Å²) in [5, 5.41) is 12.2. The molecule has 2 N–H and O–H groups in total. The summed E-state index contributed by atoms with van der Waals surface area (Å²) in [4.78, 5) is 4.23. The molecule has 0 atom stereocenters. The molecule has 1 aromatic heterocycles.